The predicted octanol–water partition coefficient (Wildman–Crippen LogP) is 2.58. The number of hydrogen-bond acceptors (Lipinski definition) is 1. The van der Waals surface area contributed by atoms with Crippen LogP contribution in [0.4, 0.5) is 0 Å². The van der Waals surface area contributed by atoms with Crippen LogP contribution in [0.1, 0.15) is 49.2 Å². The van der Waals surface area contributed by atoms with Gasteiger partial charge in [0.15, 0.2) is 0 Å². The molecule has 1 aromatic rings. The molecule has 0 amide bonds. The van der Waals surface area contributed by atoms with Crippen molar-refractivity contribution in [2.75, 3.05) is 0 Å². The maximum atomic E-state index is 9.85. The van der Waals surface area contributed by atoms with Crippen LogP contribution in [0.2, 0.25) is 0 Å². The second-order valence-corrected chi connectivity index (χ2v) is 4.25. The third-order valence-corrected chi connectivity index (χ3v) is 3.15. The van der Waals surface area contributed by atoms with Gasteiger partial charge in [0, 0.05) is 23.5 Å². The van der Waals surface area contributed by atoms with Crippen LogP contribution in [-0.4, -0.2) is 9.67 Å². The van der Waals surface area contributed by atoms with Crippen LogP contribution >= 0.6 is 0 Å². The van der Waals surface area contributed by atoms with Gasteiger partial charge in [-0.05, 0) is 38.7 Å². The van der Waals surface area contributed by atoms with Gasteiger partial charge in [-0.15, -0.1) is 0 Å². The van der Waals surface area contributed by atoms with Gasteiger partial charge in [-0.25, -0.2) is 0 Å². The lowest BCUT2D eigenvalue weighted by Gasteiger charge is -2.20. The van der Waals surface area contributed by atoms with Gasteiger partial charge >= 0.3 is 0 Å². The Morgan fingerprint density at radius 1 is 1.57 bits per heavy atom. The molecule has 2 nitrogen and oxygen atoms in total. The molecule has 2 heteroatoms. The van der Waals surface area contributed by atoms with Gasteiger partial charge in [0.25, 0.3) is 0 Å². The normalized spacial score (nSPS) is 20.9. The predicted molar refractivity (Wildman–Crippen MR) is 57.4 cm³/mol. The van der Waals surface area contributed by atoms with Crippen LogP contribution in [0.5, 0.6) is 0 Å². The van der Waals surface area contributed by atoms with E-state index in [2.05, 4.69) is 24.5 Å². The van der Waals surface area contributed by atoms with Gasteiger partial charge in [-0.2, -0.15) is 0 Å². The van der Waals surface area contributed by atoms with Crippen molar-refractivity contribution >= 4 is 0 Å². The van der Waals surface area contributed by atoms with Crippen LogP contribution in [0.15, 0.2) is 6.07 Å². The summed E-state index contributed by atoms with van der Waals surface area (Å²) < 4.78 is 2.37. The molecule has 0 saturated carbocycles. The highest BCUT2D eigenvalue weighted by molar-refractivity contribution is 5.31. The SMILES string of the molecule is CCCn1c(C)cc2c1CCCC2O. The van der Waals surface area contributed by atoms with E-state index < -0.39 is 0 Å². The van der Waals surface area contributed by atoms with E-state index >= 15 is 0 Å². The average molecular weight is 193 g/mol. The van der Waals surface area contributed by atoms with Crippen LogP contribution < -0.4 is 0 Å². The fourth-order valence-electron chi connectivity index (χ4n) is 2.48. The molecule has 0 spiro atoms. The van der Waals surface area contributed by atoms with Gasteiger partial charge in [0.2, 0.25) is 0 Å². The zero-order valence-corrected chi connectivity index (χ0v) is 9.08. The maximum absolute atomic E-state index is 9.85. The van der Waals surface area contributed by atoms with E-state index in [4.69, 9.17) is 0 Å². The molecule has 1 heterocycles. The largest absolute Gasteiger partial charge is 0.388 e. The van der Waals surface area contributed by atoms with Crippen molar-refractivity contribution in [1.29, 1.82) is 0 Å². The van der Waals surface area contributed by atoms with Gasteiger partial charge in [-0.1, -0.05) is 6.92 Å². The van der Waals surface area contributed by atoms with Gasteiger partial charge in [0.05, 0.1) is 6.10 Å². The fraction of sp³-hybridized carbons (Fsp3) is 0.667. The summed E-state index contributed by atoms with van der Waals surface area (Å²) in [6.07, 6.45) is 4.15. The minimum Gasteiger partial charge on any atom is -0.388 e. The second-order valence-electron chi connectivity index (χ2n) is 4.25. The first-order chi connectivity index (χ1) is 6.74. The summed E-state index contributed by atoms with van der Waals surface area (Å²) >= 11 is 0. The molecule has 14 heavy (non-hydrogen) atoms. The molecular formula is C12H19NO. The first kappa shape index (κ1) is 9.78. The van der Waals surface area contributed by atoms with E-state index in [1.807, 2.05) is 0 Å². The number of aromatic nitrogens is 1. The van der Waals surface area contributed by atoms with E-state index in [0.717, 1.165) is 32.2 Å². The van der Waals surface area contributed by atoms with E-state index in [-0.39, 0.29) is 6.10 Å². The summed E-state index contributed by atoms with van der Waals surface area (Å²) in [5.74, 6) is 0. The molecule has 1 aliphatic rings. The average Bonchev–Trinajstić information content (AvgIpc) is 2.47. The van der Waals surface area contributed by atoms with Crippen molar-refractivity contribution in [2.24, 2.45) is 0 Å². The Bertz CT molecular complexity index is 327. The van der Waals surface area contributed by atoms with E-state index in [1.165, 1.54) is 17.0 Å². The zero-order chi connectivity index (χ0) is 10.1. The topological polar surface area (TPSA) is 25.2 Å². The van der Waals surface area contributed by atoms with Crippen LogP contribution in [0.25, 0.3) is 0 Å². The number of aliphatic hydroxyl groups excluding tert-OH is 1. The molecule has 0 saturated heterocycles. The number of nitrogens with zero attached hydrogens (tertiary/aromatic N) is 1. The summed E-state index contributed by atoms with van der Waals surface area (Å²) in [5.41, 5.74) is 3.86. The van der Waals surface area contributed by atoms with E-state index in [1.54, 1.807) is 0 Å². The number of aryl methyl sites for hydroxylation is 1. The molecular weight excluding hydrogens is 174 g/mol. The third-order valence-electron chi connectivity index (χ3n) is 3.15. The van der Waals surface area contributed by atoms with Crippen molar-refractivity contribution in [2.45, 2.75) is 52.2 Å². The highest BCUT2D eigenvalue weighted by Crippen LogP contribution is 2.32. The standard InChI is InChI=1S/C12H19NO/c1-3-7-13-9(2)8-10-11(13)5-4-6-12(10)14/h8,12,14H,3-7H2,1-2H3. The molecule has 1 aliphatic carbocycles. The number of aliphatic hydroxyl groups is 1. The summed E-state index contributed by atoms with van der Waals surface area (Å²) in [6.45, 7) is 5.43. The van der Waals surface area contributed by atoms with Crippen molar-refractivity contribution in [1.82, 2.24) is 4.57 Å². The second kappa shape index (κ2) is 3.77. The molecule has 0 fully saturated rings. The van der Waals surface area contributed by atoms with Gasteiger partial charge in [0.1, 0.15) is 0 Å². The molecule has 1 aromatic heterocycles. The Kier molecular flexibility index (Phi) is 2.64. The monoisotopic (exact) mass is 193 g/mol. The molecule has 1 unspecified atom stereocenters. The zero-order valence-electron chi connectivity index (χ0n) is 9.08. The summed E-state index contributed by atoms with van der Waals surface area (Å²) in [5, 5.41) is 9.85. The van der Waals surface area contributed by atoms with Gasteiger partial charge < -0.3 is 9.67 Å². The summed E-state index contributed by atoms with van der Waals surface area (Å²) in [6, 6.07) is 2.16. The number of rotatable bonds is 2. The van der Waals surface area contributed by atoms with Gasteiger partial charge in [-0.3, -0.25) is 0 Å². The Hall–Kier alpha value is -0.760. The maximum Gasteiger partial charge on any atom is 0.0807 e. The lowest BCUT2D eigenvalue weighted by atomic mass is 9.95. The van der Waals surface area contributed by atoms with Crippen LogP contribution in [0.3, 0.4) is 0 Å². The molecule has 2 rings (SSSR count). The fourth-order valence-corrected chi connectivity index (χ4v) is 2.48. The first-order valence-corrected chi connectivity index (χ1v) is 5.61. The minimum absolute atomic E-state index is 0.212. The number of hydrogen-bond donors (Lipinski definition) is 1. The summed E-state index contributed by atoms with van der Waals surface area (Å²) in [4.78, 5) is 0. The molecule has 1 N–H and O–H groups in total. The van der Waals surface area contributed by atoms with Crippen LogP contribution in [-0.2, 0) is 13.0 Å². The quantitative estimate of drug-likeness (QED) is 0.767. The van der Waals surface area contributed by atoms with E-state index in [0.29, 0.717) is 0 Å². The molecule has 78 valence electrons. The van der Waals surface area contributed by atoms with Crippen LogP contribution in [0, 0.1) is 6.92 Å². The Morgan fingerprint density at radius 2 is 2.36 bits per heavy atom. The molecule has 0 aliphatic heterocycles. The molecule has 0 bridgehead atoms. The highest BCUT2D eigenvalue weighted by atomic mass is 16.3. The number of fused-ring (bicyclic) bond motifs is 1. The Balaban J connectivity index is 2.41. The Labute approximate surface area is 85.6 Å². The lowest BCUT2D eigenvalue weighted by Crippen LogP contribution is -2.12. The smallest absolute Gasteiger partial charge is 0.0807 e. The lowest BCUT2D eigenvalue weighted by molar-refractivity contribution is 0.155. The third kappa shape index (κ3) is 1.48. The molecule has 1 atom stereocenters. The Morgan fingerprint density at radius 3 is 3.07 bits per heavy atom. The van der Waals surface area contributed by atoms with Crippen molar-refractivity contribution in [3.8, 4) is 0 Å². The molecule has 0 aromatic carbocycles. The van der Waals surface area contributed by atoms with Crippen molar-refractivity contribution < 1.29 is 5.11 Å². The molecule has 0 radical (unpaired) electrons. The minimum atomic E-state index is -0.212. The van der Waals surface area contributed by atoms with Crippen molar-refractivity contribution in [3.05, 3.63) is 23.0 Å². The van der Waals surface area contributed by atoms with Crippen molar-refractivity contribution in [3.63, 3.8) is 0 Å². The van der Waals surface area contributed by atoms with E-state index in [9.17, 15) is 5.11 Å². The first-order valence-electron chi connectivity index (χ1n) is 5.61. The highest BCUT2D eigenvalue weighted by Gasteiger charge is 2.22. The summed E-state index contributed by atoms with van der Waals surface area (Å²) in [7, 11) is 0.